The second-order valence-corrected chi connectivity index (χ2v) is 6.59. The number of aromatic nitrogens is 1. The van der Waals surface area contributed by atoms with E-state index < -0.39 is 0 Å². The van der Waals surface area contributed by atoms with Gasteiger partial charge in [-0.25, -0.2) is 4.98 Å². The third-order valence-electron chi connectivity index (χ3n) is 3.99. The Hall–Kier alpha value is -0.910. The van der Waals surface area contributed by atoms with Gasteiger partial charge in [0.15, 0.2) is 0 Å². The zero-order valence-corrected chi connectivity index (χ0v) is 13.1. The monoisotopic (exact) mass is 281 g/mol. The lowest BCUT2D eigenvalue weighted by Gasteiger charge is -2.36. The van der Waals surface area contributed by atoms with Crippen LogP contribution in [-0.4, -0.2) is 59.2 Å². The first-order valence-electron chi connectivity index (χ1n) is 7.45. The Balaban J connectivity index is 1.95. The van der Waals surface area contributed by atoms with E-state index in [9.17, 15) is 0 Å². The molecule has 1 N–H and O–H groups in total. The number of rotatable bonds is 4. The van der Waals surface area contributed by atoms with Gasteiger partial charge in [-0.1, -0.05) is 20.8 Å². The standard InChI is InChI=1S/C15H27N3O2/c1-12(14-16-11-13(20-14)15(2,3)4)18-7-5-17(6-8-18)9-10-19/h11-12,19H,5-10H2,1-4H3. The van der Waals surface area contributed by atoms with Crippen molar-refractivity contribution in [3.8, 4) is 0 Å². The smallest absolute Gasteiger partial charge is 0.211 e. The predicted molar refractivity (Wildman–Crippen MR) is 78.7 cm³/mol. The van der Waals surface area contributed by atoms with E-state index in [2.05, 4.69) is 42.5 Å². The molecule has 1 saturated heterocycles. The lowest BCUT2D eigenvalue weighted by molar-refractivity contribution is 0.0791. The fraction of sp³-hybridized carbons (Fsp3) is 0.800. The molecular weight excluding hydrogens is 254 g/mol. The first-order chi connectivity index (χ1) is 9.41. The third kappa shape index (κ3) is 3.59. The van der Waals surface area contributed by atoms with Gasteiger partial charge in [-0.05, 0) is 6.92 Å². The summed E-state index contributed by atoms with van der Waals surface area (Å²) in [5.74, 6) is 1.75. The van der Waals surface area contributed by atoms with E-state index in [4.69, 9.17) is 9.52 Å². The molecule has 5 nitrogen and oxygen atoms in total. The van der Waals surface area contributed by atoms with Gasteiger partial charge in [0.2, 0.25) is 5.89 Å². The average molecular weight is 281 g/mol. The van der Waals surface area contributed by atoms with Crippen molar-refractivity contribution in [3.63, 3.8) is 0 Å². The summed E-state index contributed by atoms with van der Waals surface area (Å²) in [6, 6.07) is 0.211. The minimum Gasteiger partial charge on any atom is -0.443 e. The quantitative estimate of drug-likeness (QED) is 0.909. The predicted octanol–water partition coefficient (Wildman–Crippen LogP) is 1.64. The topological polar surface area (TPSA) is 52.7 Å². The minimum absolute atomic E-state index is 0.00476. The molecule has 1 aromatic rings. The van der Waals surface area contributed by atoms with Crippen molar-refractivity contribution in [2.24, 2.45) is 0 Å². The van der Waals surface area contributed by atoms with Gasteiger partial charge >= 0.3 is 0 Å². The highest BCUT2D eigenvalue weighted by Gasteiger charge is 2.26. The zero-order chi connectivity index (χ0) is 14.8. The van der Waals surface area contributed by atoms with Gasteiger partial charge in [-0.2, -0.15) is 0 Å². The lowest BCUT2D eigenvalue weighted by Crippen LogP contribution is -2.47. The van der Waals surface area contributed by atoms with Crippen LogP contribution in [0.3, 0.4) is 0 Å². The Morgan fingerprint density at radius 2 is 1.95 bits per heavy atom. The van der Waals surface area contributed by atoms with E-state index in [0.29, 0.717) is 0 Å². The maximum atomic E-state index is 8.97. The Kier molecular flexibility index (Phi) is 4.83. The molecule has 0 spiro atoms. The molecule has 1 fully saturated rings. The van der Waals surface area contributed by atoms with Crippen LogP contribution in [0.2, 0.25) is 0 Å². The molecule has 1 unspecified atom stereocenters. The summed E-state index contributed by atoms with van der Waals surface area (Å²) in [7, 11) is 0. The van der Waals surface area contributed by atoms with Crippen LogP contribution in [-0.2, 0) is 5.41 Å². The highest BCUT2D eigenvalue weighted by molar-refractivity contribution is 5.07. The molecule has 1 aliphatic rings. The van der Waals surface area contributed by atoms with Crippen LogP contribution in [0, 0.1) is 0 Å². The molecule has 2 heterocycles. The average Bonchev–Trinajstić information content (AvgIpc) is 2.89. The Labute approximate surface area is 121 Å². The van der Waals surface area contributed by atoms with Crippen LogP contribution in [0.5, 0.6) is 0 Å². The summed E-state index contributed by atoms with van der Waals surface area (Å²) in [5.41, 5.74) is 0.00476. The van der Waals surface area contributed by atoms with E-state index in [1.165, 1.54) is 0 Å². The second-order valence-electron chi connectivity index (χ2n) is 6.59. The molecule has 0 radical (unpaired) electrons. The van der Waals surface area contributed by atoms with Gasteiger partial charge in [0, 0.05) is 38.1 Å². The molecule has 114 valence electrons. The number of β-amino-alcohol motifs (C(OH)–C–C–N with tert-alkyl or cyclic N) is 1. The van der Waals surface area contributed by atoms with Crippen molar-refractivity contribution in [2.75, 3.05) is 39.3 Å². The Morgan fingerprint density at radius 1 is 1.30 bits per heavy atom. The summed E-state index contributed by atoms with van der Waals surface area (Å²) in [6.07, 6.45) is 1.86. The molecule has 0 bridgehead atoms. The van der Waals surface area contributed by atoms with Gasteiger partial charge in [0.1, 0.15) is 5.76 Å². The molecule has 2 rings (SSSR count). The summed E-state index contributed by atoms with van der Waals surface area (Å²) in [4.78, 5) is 9.14. The normalized spacial score (nSPS) is 20.2. The van der Waals surface area contributed by atoms with Crippen LogP contribution >= 0.6 is 0 Å². The Bertz CT molecular complexity index is 417. The molecule has 1 aromatic heterocycles. The van der Waals surface area contributed by atoms with Crippen LogP contribution in [0.4, 0.5) is 0 Å². The molecule has 1 aliphatic heterocycles. The summed E-state index contributed by atoms with van der Waals surface area (Å²) < 4.78 is 5.93. The highest BCUT2D eigenvalue weighted by Crippen LogP contribution is 2.27. The number of hydrogen-bond donors (Lipinski definition) is 1. The maximum Gasteiger partial charge on any atom is 0.211 e. The van der Waals surface area contributed by atoms with Gasteiger partial charge < -0.3 is 9.52 Å². The van der Waals surface area contributed by atoms with E-state index >= 15 is 0 Å². The van der Waals surface area contributed by atoms with Crippen LogP contribution in [0.25, 0.3) is 0 Å². The van der Waals surface area contributed by atoms with E-state index in [1.807, 2.05) is 6.20 Å². The number of nitrogens with zero attached hydrogens (tertiary/aromatic N) is 3. The maximum absolute atomic E-state index is 8.97. The molecule has 0 saturated carbocycles. The second kappa shape index (κ2) is 6.24. The fourth-order valence-corrected chi connectivity index (χ4v) is 2.50. The van der Waals surface area contributed by atoms with Crippen LogP contribution in [0.15, 0.2) is 10.6 Å². The molecule has 0 aromatic carbocycles. The van der Waals surface area contributed by atoms with Crippen LogP contribution < -0.4 is 0 Å². The number of hydrogen-bond acceptors (Lipinski definition) is 5. The van der Waals surface area contributed by atoms with Crippen molar-refractivity contribution < 1.29 is 9.52 Å². The number of aliphatic hydroxyl groups is 1. The van der Waals surface area contributed by atoms with Gasteiger partial charge in [-0.15, -0.1) is 0 Å². The lowest BCUT2D eigenvalue weighted by atomic mass is 9.94. The molecule has 20 heavy (non-hydrogen) atoms. The van der Waals surface area contributed by atoms with Crippen molar-refractivity contribution in [1.29, 1.82) is 0 Å². The largest absolute Gasteiger partial charge is 0.443 e. The first kappa shape index (κ1) is 15.5. The number of oxazole rings is 1. The van der Waals surface area contributed by atoms with Gasteiger partial charge in [0.25, 0.3) is 0 Å². The molecule has 0 aliphatic carbocycles. The fourth-order valence-electron chi connectivity index (χ4n) is 2.50. The molecule has 0 amide bonds. The molecule has 5 heteroatoms. The van der Waals surface area contributed by atoms with Crippen molar-refractivity contribution in [1.82, 2.24) is 14.8 Å². The highest BCUT2D eigenvalue weighted by atomic mass is 16.4. The molecule has 1 atom stereocenters. The number of aliphatic hydroxyl groups excluding tert-OH is 1. The van der Waals surface area contributed by atoms with Crippen molar-refractivity contribution in [3.05, 3.63) is 17.8 Å². The first-order valence-corrected chi connectivity index (χ1v) is 7.45. The summed E-state index contributed by atoms with van der Waals surface area (Å²) >= 11 is 0. The summed E-state index contributed by atoms with van der Waals surface area (Å²) in [6.45, 7) is 13.6. The third-order valence-corrected chi connectivity index (χ3v) is 3.99. The Morgan fingerprint density at radius 3 is 2.45 bits per heavy atom. The van der Waals surface area contributed by atoms with E-state index in [1.54, 1.807) is 0 Å². The van der Waals surface area contributed by atoms with Crippen molar-refractivity contribution >= 4 is 0 Å². The number of piperazine rings is 1. The van der Waals surface area contributed by atoms with Gasteiger partial charge in [0.05, 0.1) is 18.8 Å². The van der Waals surface area contributed by atoms with Gasteiger partial charge in [-0.3, -0.25) is 9.80 Å². The minimum atomic E-state index is 0.00476. The molecular formula is C15H27N3O2. The van der Waals surface area contributed by atoms with E-state index in [-0.39, 0.29) is 18.1 Å². The summed E-state index contributed by atoms with van der Waals surface area (Å²) in [5, 5.41) is 8.97. The SMILES string of the molecule is CC(c1ncc(C(C)(C)C)o1)N1CCN(CCO)CC1. The van der Waals surface area contributed by atoms with E-state index in [0.717, 1.165) is 44.4 Å². The van der Waals surface area contributed by atoms with Crippen molar-refractivity contribution in [2.45, 2.75) is 39.2 Å². The zero-order valence-electron chi connectivity index (χ0n) is 13.1. The van der Waals surface area contributed by atoms with Crippen LogP contribution in [0.1, 0.15) is 45.4 Å².